The van der Waals surface area contributed by atoms with Crippen molar-refractivity contribution in [3.05, 3.63) is 22.5 Å². The van der Waals surface area contributed by atoms with Crippen LogP contribution in [0.25, 0.3) is 0 Å². The summed E-state index contributed by atoms with van der Waals surface area (Å²) < 4.78 is 5.03. The molecular formula is C14H18N4O2S. The molecule has 21 heavy (non-hydrogen) atoms. The van der Waals surface area contributed by atoms with Crippen LogP contribution in [0.4, 0.5) is 5.13 Å². The predicted octanol–water partition coefficient (Wildman–Crippen LogP) is 3.06. The SMILES string of the molecule is Cc1cc(CC(=O)Nc2nnc(C3CCCCC3)s2)on1. The molecule has 2 aromatic rings. The molecule has 0 atom stereocenters. The number of carbonyl (C=O) groups is 1. The van der Waals surface area contributed by atoms with Crippen molar-refractivity contribution in [2.24, 2.45) is 0 Å². The monoisotopic (exact) mass is 306 g/mol. The second kappa shape index (κ2) is 6.34. The zero-order chi connectivity index (χ0) is 14.7. The summed E-state index contributed by atoms with van der Waals surface area (Å²) in [6.07, 6.45) is 6.36. The van der Waals surface area contributed by atoms with E-state index in [2.05, 4.69) is 20.7 Å². The van der Waals surface area contributed by atoms with Crippen molar-refractivity contribution in [3.63, 3.8) is 0 Å². The summed E-state index contributed by atoms with van der Waals surface area (Å²) in [6.45, 7) is 1.83. The summed E-state index contributed by atoms with van der Waals surface area (Å²) in [5, 5.41) is 16.4. The van der Waals surface area contributed by atoms with Crippen molar-refractivity contribution in [3.8, 4) is 0 Å². The highest BCUT2D eigenvalue weighted by Crippen LogP contribution is 2.35. The average molecular weight is 306 g/mol. The minimum absolute atomic E-state index is 0.155. The van der Waals surface area contributed by atoms with E-state index < -0.39 is 0 Å². The Morgan fingerprint density at radius 3 is 2.90 bits per heavy atom. The van der Waals surface area contributed by atoms with E-state index >= 15 is 0 Å². The van der Waals surface area contributed by atoms with Gasteiger partial charge in [0.1, 0.15) is 10.8 Å². The van der Waals surface area contributed by atoms with Gasteiger partial charge in [0.15, 0.2) is 0 Å². The Bertz CT molecular complexity index is 616. The normalized spacial score (nSPS) is 16.0. The third kappa shape index (κ3) is 3.66. The van der Waals surface area contributed by atoms with Crippen LogP contribution in [0.1, 0.15) is 54.5 Å². The highest BCUT2D eigenvalue weighted by molar-refractivity contribution is 7.15. The molecule has 0 unspecified atom stereocenters. The Morgan fingerprint density at radius 1 is 1.38 bits per heavy atom. The largest absolute Gasteiger partial charge is 0.361 e. The zero-order valence-electron chi connectivity index (χ0n) is 12.0. The third-order valence-electron chi connectivity index (χ3n) is 3.65. The Labute approximate surface area is 126 Å². The molecule has 0 aliphatic heterocycles. The highest BCUT2D eigenvalue weighted by Gasteiger charge is 2.20. The minimum atomic E-state index is -0.155. The quantitative estimate of drug-likeness (QED) is 0.939. The van der Waals surface area contributed by atoms with Crippen LogP contribution in [0.5, 0.6) is 0 Å². The minimum Gasteiger partial charge on any atom is -0.361 e. The predicted molar refractivity (Wildman–Crippen MR) is 79.3 cm³/mol. The number of hydrogen-bond acceptors (Lipinski definition) is 6. The molecule has 1 N–H and O–H groups in total. The van der Waals surface area contributed by atoms with E-state index in [0.29, 0.717) is 16.8 Å². The van der Waals surface area contributed by atoms with E-state index in [-0.39, 0.29) is 12.3 Å². The van der Waals surface area contributed by atoms with Gasteiger partial charge < -0.3 is 9.84 Å². The molecule has 2 aromatic heterocycles. The maximum atomic E-state index is 11.9. The smallest absolute Gasteiger partial charge is 0.233 e. The standard InChI is InChI=1S/C14H18N4O2S/c1-9-7-11(20-18-9)8-12(19)15-14-17-16-13(21-14)10-5-3-2-4-6-10/h7,10H,2-6,8H2,1H3,(H,15,17,19). The van der Waals surface area contributed by atoms with Crippen LogP contribution < -0.4 is 5.32 Å². The maximum Gasteiger partial charge on any atom is 0.233 e. The molecule has 1 amide bonds. The molecule has 6 nitrogen and oxygen atoms in total. The van der Waals surface area contributed by atoms with Crippen LogP contribution in [-0.4, -0.2) is 21.3 Å². The summed E-state index contributed by atoms with van der Waals surface area (Å²) in [5.74, 6) is 0.915. The lowest BCUT2D eigenvalue weighted by Crippen LogP contribution is -2.13. The molecule has 7 heteroatoms. The Kier molecular flexibility index (Phi) is 4.28. The van der Waals surface area contributed by atoms with Gasteiger partial charge in [-0.2, -0.15) is 0 Å². The van der Waals surface area contributed by atoms with Crippen molar-refractivity contribution >= 4 is 22.4 Å². The first-order chi connectivity index (χ1) is 10.2. The van der Waals surface area contributed by atoms with Gasteiger partial charge in [0, 0.05) is 12.0 Å². The van der Waals surface area contributed by atoms with Crippen molar-refractivity contribution < 1.29 is 9.32 Å². The number of anilines is 1. The van der Waals surface area contributed by atoms with Crippen molar-refractivity contribution in [1.29, 1.82) is 0 Å². The molecule has 0 aromatic carbocycles. The lowest BCUT2D eigenvalue weighted by Gasteiger charge is -2.18. The van der Waals surface area contributed by atoms with Gasteiger partial charge in [-0.1, -0.05) is 35.8 Å². The second-order valence-electron chi connectivity index (χ2n) is 5.44. The summed E-state index contributed by atoms with van der Waals surface area (Å²) in [7, 11) is 0. The molecule has 2 heterocycles. The second-order valence-corrected chi connectivity index (χ2v) is 6.45. The first kappa shape index (κ1) is 14.2. The number of hydrogen-bond donors (Lipinski definition) is 1. The van der Waals surface area contributed by atoms with E-state index in [4.69, 9.17) is 4.52 Å². The Hall–Kier alpha value is -1.76. The summed E-state index contributed by atoms with van der Waals surface area (Å²) in [5.41, 5.74) is 0.772. The highest BCUT2D eigenvalue weighted by atomic mass is 32.1. The molecule has 0 radical (unpaired) electrons. The summed E-state index contributed by atoms with van der Waals surface area (Å²) >= 11 is 1.48. The Balaban J connectivity index is 1.57. The average Bonchev–Trinajstić information content (AvgIpc) is 3.09. The molecule has 112 valence electrons. The Morgan fingerprint density at radius 2 is 2.19 bits per heavy atom. The first-order valence-corrected chi connectivity index (χ1v) is 8.08. The van der Waals surface area contributed by atoms with Gasteiger partial charge in [0.25, 0.3) is 0 Å². The summed E-state index contributed by atoms with van der Waals surface area (Å²) in [6, 6.07) is 1.76. The van der Waals surface area contributed by atoms with Crippen LogP contribution >= 0.6 is 11.3 Å². The van der Waals surface area contributed by atoms with Crippen molar-refractivity contribution in [1.82, 2.24) is 15.4 Å². The van der Waals surface area contributed by atoms with Crippen LogP contribution in [0.2, 0.25) is 0 Å². The number of aryl methyl sites for hydroxylation is 1. The van der Waals surface area contributed by atoms with Crippen LogP contribution in [0.15, 0.2) is 10.6 Å². The van der Waals surface area contributed by atoms with E-state index in [1.165, 1.54) is 43.4 Å². The topological polar surface area (TPSA) is 80.9 Å². The lowest BCUT2D eigenvalue weighted by atomic mass is 9.90. The van der Waals surface area contributed by atoms with E-state index in [9.17, 15) is 4.79 Å². The fourth-order valence-corrected chi connectivity index (χ4v) is 3.55. The molecule has 1 saturated carbocycles. The molecule has 0 bridgehead atoms. The molecule has 1 aliphatic rings. The van der Waals surface area contributed by atoms with E-state index in [1.54, 1.807) is 6.07 Å². The lowest BCUT2D eigenvalue weighted by molar-refractivity contribution is -0.115. The number of nitrogens with zero attached hydrogens (tertiary/aromatic N) is 3. The fourth-order valence-electron chi connectivity index (χ4n) is 2.62. The number of amides is 1. The van der Waals surface area contributed by atoms with Gasteiger partial charge in [0.05, 0.1) is 12.1 Å². The number of aromatic nitrogens is 3. The van der Waals surface area contributed by atoms with Gasteiger partial charge >= 0.3 is 0 Å². The van der Waals surface area contributed by atoms with Gasteiger partial charge in [0.2, 0.25) is 11.0 Å². The van der Waals surface area contributed by atoms with Crippen molar-refractivity contribution in [2.45, 2.75) is 51.4 Å². The zero-order valence-corrected chi connectivity index (χ0v) is 12.8. The van der Waals surface area contributed by atoms with Gasteiger partial charge in [-0.25, -0.2) is 0 Å². The first-order valence-electron chi connectivity index (χ1n) is 7.26. The molecular weight excluding hydrogens is 288 g/mol. The van der Waals surface area contributed by atoms with Crippen molar-refractivity contribution in [2.75, 3.05) is 5.32 Å². The van der Waals surface area contributed by atoms with E-state index in [1.807, 2.05) is 6.92 Å². The summed E-state index contributed by atoms with van der Waals surface area (Å²) in [4.78, 5) is 11.9. The maximum absolute atomic E-state index is 11.9. The molecule has 0 saturated heterocycles. The molecule has 3 rings (SSSR count). The van der Waals surface area contributed by atoms with Gasteiger partial charge in [-0.15, -0.1) is 10.2 Å². The van der Waals surface area contributed by atoms with Gasteiger partial charge in [-0.3, -0.25) is 4.79 Å². The fraction of sp³-hybridized carbons (Fsp3) is 0.571. The number of rotatable bonds is 4. The van der Waals surface area contributed by atoms with Crippen LogP contribution in [0.3, 0.4) is 0 Å². The van der Waals surface area contributed by atoms with Gasteiger partial charge in [-0.05, 0) is 19.8 Å². The molecule has 1 fully saturated rings. The van der Waals surface area contributed by atoms with E-state index in [0.717, 1.165) is 10.7 Å². The van der Waals surface area contributed by atoms with Crippen LogP contribution in [0, 0.1) is 6.92 Å². The third-order valence-corrected chi connectivity index (χ3v) is 4.65. The molecule has 1 aliphatic carbocycles. The molecule has 0 spiro atoms. The number of carbonyl (C=O) groups excluding carboxylic acids is 1. The van der Waals surface area contributed by atoms with Crippen LogP contribution in [-0.2, 0) is 11.2 Å². The number of nitrogens with one attached hydrogen (secondary N) is 1.